The maximum Gasteiger partial charge on any atom is 0.358 e. The Morgan fingerprint density at radius 2 is 2.44 bits per heavy atom. The maximum atomic E-state index is 11.1. The predicted molar refractivity (Wildman–Crippen MR) is 73.3 cm³/mol. The van der Waals surface area contributed by atoms with E-state index in [9.17, 15) is 4.79 Å². The number of nitrogens with zero attached hydrogens (tertiary/aromatic N) is 3. The molecule has 0 aliphatic rings. The highest BCUT2D eigenvalue weighted by Gasteiger charge is 2.20. The van der Waals surface area contributed by atoms with Crippen LogP contribution in [0.15, 0.2) is 17.5 Å². The molecule has 1 N–H and O–H groups in total. The van der Waals surface area contributed by atoms with Crippen LogP contribution in [-0.4, -0.2) is 37.6 Å². The van der Waals surface area contributed by atoms with Crippen LogP contribution < -0.4 is 0 Å². The van der Waals surface area contributed by atoms with E-state index in [1.165, 1.54) is 11.3 Å². The zero-order valence-corrected chi connectivity index (χ0v) is 11.5. The van der Waals surface area contributed by atoms with Crippen molar-refractivity contribution in [3.63, 3.8) is 0 Å². The second-order valence-electron chi connectivity index (χ2n) is 3.49. The van der Waals surface area contributed by atoms with Crippen LogP contribution in [0.25, 0.3) is 10.6 Å². The molecule has 7 heteroatoms. The molecule has 2 rings (SSSR count). The first kappa shape index (κ1) is 13.1. The summed E-state index contributed by atoms with van der Waals surface area (Å²) in [6, 6.07) is 3.78. The molecule has 0 spiro atoms. The zero-order chi connectivity index (χ0) is 13.0. The van der Waals surface area contributed by atoms with Crippen molar-refractivity contribution in [3.05, 3.63) is 23.2 Å². The second-order valence-corrected chi connectivity index (χ2v) is 5.83. The quantitative estimate of drug-likeness (QED) is 0.825. The molecule has 0 amide bonds. The molecule has 0 saturated heterocycles. The van der Waals surface area contributed by atoms with Crippen LogP contribution >= 0.6 is 23.1 Å². The molecule has 0 saturated carbocycles. The summed E-state index contributed by atoms with van der Waals surface area (Å²) in [5.74, 6) is 0.902. The van der Waals surface area contributed by atoms with Gasteiger partial charge in [-0.2, -0.15) is 11.8 Å². The molecule has 2 heterocycles. The molecular formula is C11H13N3O2S2. The van der Waals surface area contributed by atoms with Crippen molar-refractivity contribution in [1.29, 1.82) is 0 Å². The van der Waals surface area contributed by atoms with Crippen molar-refractivity contribution in [2.24, 2.45) is 0 Å². The number of aromatic nitrogens is 3. The summed E-state index contributed by atoms with van der Waals surface area (Å²) < 4.78 is 1.68. The number of aryl methyl sites for hydroxylation is 1. The van der Waals surface area contributed by atoms with E-state index in [1.54, 1.807) is 16.4 Å². The van der Waals surface area contributed by atoms with Gasteiger partial charge in [0.2, 0.25) is 0 Å². The standard InChI is InChI=1S/C11H13N3O2S2/c1-2-17-7-5-14-10(8-4-3-6-18-8)9(11(15)16)12-13-14/h3-4,6H,2,5,7H2,1H3,(H,15,16). The van der Waals surface area contributed by atoms with Crippen molar-refractivity contribution in [2.45, 2.75) is 13.5 Å². The van der Waals surface area contributed by atoms with Gasteiger partial charge in [0.15, 0.2) is 5.69 Å². The Kier molecular flexibility index (Phi) is 4.38. The number of hydrogen-bond donors (Lipinski definition) is 1. The summed E-state index contributed by atoms with van der Waals surface area (Å²) in [5, 5.41) is 18.8. The Bertz CT molecular complexity index is 522. The Morgan fingerprint density at radius 1 is 1.61 bits per heavy atom. The monoisotopic (exact) mass is 283 g/mol. The van der Waals surface area contributed by atoms with Crippen LogP contribution in [0.3, 0.4) is 0 Å². The number of rotatable bonds is 6. The lowest BCUT2D eigenvalue weighted by Crippen LogP contribution is -2.06. The fraction of sp³-hybridized carbons (Fsp3) is 0.364. The number of hydrogen-bond acceptors (Lipinski definition) is 5. The molecule has 2 aromatic heterocycles. The van der Waals surface area contributed by atoms with Crippen LogP contribution in [0.4, 0.5) is 0 Å². The molecule has 96 valence electrons. The average molecular weight is 283 g/mol. The lowest BCUT2D eigenvalue weighted by Gasteiger charge is -2.04. The Hall–Kier alpha value is -1.34. The van der Waals surface area contributed by atoms with Gasteiger partial charge in [-0.15, -0.1) is 16.4 Å². The molecule has 0 bridgehead atoms. The summed E-state index contributed by atoms with van der Waals surface area (Å²) in [7, 11) is 0. The van der Waals surface area contributed by atoms with Crippen molar-refractivity contribution in [2.75, 3.05) is 11.5 Å². The van der Waals surface area contributed by atoms with Crippen molar-refractivity contribution in [3.8, 4) is 10.6 Å². The molecule has 0 fully saturated rings. The fourth-order valence-corrected chi connectivity index (χ4v) is 2.93. The first-order chi connectivity index (χ1) is 8.74. The normalized spacial score (nSPS) is 10.7. The molecule has 2 aromatic rings. The SMILES string of the molecule is CCSCCn1nnc(C(=O)O)c1-c1cccs1. The molecule has 0 unspecified atom stereocenters. The number of thiophene rings is 1. The zero-order valence-electron chi connectivity index (χ0n) is 9.87. The Labute approximate surface area is 113 Å². The topological polar surface area (TPSA) is 68.0 Å². The first-order valence-corrected chi connectivity index (χ1v) is 7.56. The number of carboxylic acid groups (broad SMARTS) is 1. The molecule has 0 aliphatic heterocycles. The first-order valence-electron chi connectivity index (χ1n) is 5.52. The molecule has 0 aromatic carbocycles. The third-order valence-electron chi connectivity index (χ3n) is 2.34. The van der Waals surface area contributed by atoms with Gasteiger partial charge in [-0.3, -0.25) is 0 Å². The maximum absolute atomic E-state index is 11.1. The van der Waals surface area contributed by atoms with Crippen molar-refractivity contribution in [1.82, 2.24) is 15.0 Å². The molecular weight excluding hydrogens is 270 g/mol. The van der Waals surface area contributed by atoms with Gasteiger partial charge in [0.25, 0.3) is 0 Å². The van der Waals surface area contributed by atoms with Gasteiger partial charge < -0.3 is 5.11 Å². The Balaban J connectivity index is 2.32. The Morgan fingerprint density at radius 3 is 3.06 bits per heavy atom. The summed E-state index contributed by atoms with van der Waals surface area (Å²) in [4.78, 5) is 12.0. The van der Waals surface area contributed by atoms with E-state index in [2.05, 4.69) is 17.2 Å². The summed E-state index contributed by atoms with van der Waals surface area (Å²) in [5.41, 5.74) is 0.633. The van der Waals surface area contributed by atoms with Gasteiger partial charge in [0, 0.05) is 5.75 Å². The lowest BCUT2D eigenvalue weighted by molar-refractivity contribution is 0.0691. The van der Waals surface area contributed by atoms with Gasteiger partial charge in [0.1, 0.15) is 5.69 Å². The summed E-state index contributed by atoms with van der Waals surface area (Å²) in [6.45, 7) is 2.76. The van der Waals surface area contributed by atoms with E-state index in [-0.39, 0.29) is 5.69 Å². The molecule has 0 atom stereocenters. The van der Waals surface area contributed by atoms with Crippen molar-refractivity contribution < 1.29 is 9.90 Å². The van der Waals surface area contributed by atoms with Crippen LogP contribution in [-0.2, 0) is 6.54 Å². The smallest absolute Gasteiger partial charge is 0.358 e. The van der Waals surface area contributed by atoms with Gasteiger partial charge >= 0.3 is 5.97 Å². The lowest BCUT2D eigenvalue weighted by atomic mass is 10.2. The average Bonchev–Trinajstić information content (AvgIpc) is 2.96. The highest BCUT2D eigenvalue weighted by atomic mass is 32.2. The van der Waals surface area contributed by atoms with E-state index in [0.717, 1.165) is 16.4 Å². The minimum absolute atomic E-state index is 0.0268. The molecule has 18 heavy (non-hydrogen) atoms. The van der Waals surface area contributed by atoms with E-state index < -0.39 is 5.97 Å². The number of carbonyl (C=O) groups is 1. The van der Waals surface area contributed by atoms with Gasteiger partial charge in [-0.1, -0.05) is 18.2 Å². The summed E-state index contributed by atoms with van der Waals surface area (Å²) >= 11 is 3.29. The van der Waals surface area contributed by atoms with Gasteiger partial charge in [-0.25, -0.2) is 9.48 Å². The summed E-state index contributed by atoms with van der Waals surface area (Å²) in [6.07, 6.45) is 0. The van der Waals surface area contributed by atoms with Crippen LogP contribution in [0.2, 0.25) is 0 Å². The number of aromatic carboxylic acids is 1. The van der Waals surface area contributed by atoms with E-state index in [0.29, 0.717) is 12.2 Å². The molecule has 5 nitrogen and oxygen atoms in total. The minimum Gasteiger partial charge on any atom is -0.476 e. The minimum atomic E-state index is -1.03. The van der Waals surface area contributed by atoms with Crippen LogP contribution in [0.5, 0.6) is 0 Å². The van der Waals surface area contributed by atoms with Crippen LogP contribution in [0.1, 0.15) is 17.4 Å². The molecule has 0 radical (unpaired) electrons. The molecule has 0 aliphatic carbocycles. The van der Waals surface area contributed by atoms with Gasteiger partial charge in [0.05, 0.1) is 11.4 Å². The van der Waals surface area contributed by atoms with E-state index in [1.807, 2.05) is 17.5 Å². The second kappa shape index (κ2) is 6.01. The highest BCUT2D eigenvalue weighted by Crippen LogP contribution is 2.27. The third kappa shape index (κ3) is 2.73. The largest absolute Gasteiger partial charge is 0.476 e. The number of thioether (sulfide) groups is 1. The van der Waals surface area contributed by atoms with Gasteiger partial charge in [-0.05, 0) is 17.2 Å². The highest BCUT2D eigenvalue weighted by molar-refractivity contribution is 7.99. The fourth-order valence-electron chi connectivity index (χ4n) is 1.57. The third-order valence-corrected chi connectivity index (χ3v) is 4.10. The van der Waals surface area contributed by atoms with E-state index >= 15 is 0 Å². The van der Waals surface area contributed by atoms with E-state index in [4.69, 9.17) is 5.11 Å². The number of carboxylic acids is 1. The van der Waals surface area contributed by atoms with Crippen molar-refractivity contribution >= 4 is 29.1 Å². The van der Waals surface area contributed by atoms with Crippen LogP contribution in [0, 0.1) is 0 Å². The predicted octanol–water partition coefficient (Wildman–Crippen LogP) is 2.46.